The molecular weight excluding hydrogens is 408 g/mol. The van der Waals surface area contributed by atoms with Crippen molar-refractivity contribution in [2.24, 2.45) is 0 Å². The molecule has 7 nitrogen and oxygen atoms in total. The van der Waals surface area contributed by atoms with Crippen LogP contribution in [0.5, 0.6) is 5.75 Å². The Morgan fingerprint density at radius 3 is 2.55 bits per heavy atom. The van der Waals surface area contributed by atoms with Crippen LogP contribution in [0.25, 0.3) is 12.2 Å². The molecule has 2 aromatic heterocycles. The molecule has 166 valence electrons. The summed E-state index contributed by atoms with van der Waals surface area (Å²) in [6.07, 6.45) is 7.31. The number of hydrogen-bond donors (Lipinski definition) is 3. The highest BCUT2D eigenvalue weighted by molar-refractivity contribution is 7.16. The van der Waals surface area contributed by atoms with Crippen molar-refractivity contribution in [1.82, 2.24) is 20.3 Å². The predicted octanol–water partition coefficient (Wildman–Crippen LogP) is 5.01. The van der Waals surface area contributed by atoms with E-state index in [1.807, 2.05) is 64.2 Å². The minimum absolute atomic E-state index is 0.257. The molecule has 1 aliphatic rings. The number of aromatic hydroxyl groups is 1. The molecule has 0 atom stereocenters. The smallest absolute Gasteiger partial charge is 0.188 e. The summed E-state index contributed by atoms with van der Waals surface area (Å²) >= 11 is 1.54. The van der Waals surface area contributed by atoms with E-state index in [0.29, 0.717) is 0 Å². The number of nitrogens with zero attached hydrogens (tertiary/aromatic N) is 4. The number of phenolic OH excluding ortho intramolecular Hbond substituents is 1. The molecule has 8 heteroatoms. The molecule has 0 amide bonds. The van der Waals surface area contributed by atoms with Crippen LogP contribution in [-0.2, 0) is 0 Å². The number of rotatable bonds is 5. The lowest BCUT2D eigenvalue weighted by atomic mass is 10.2. The third-order valence-electron chi connectivity index (χ3n) is 4.16. The zero-order valence-corrected chi connectivity index (χ0v) is 19.5. The molecule has 31 heavy (non-hydrogen) atoms. The van der Waals surface area contributed by atoms with E-state index in [9.17, 15) is 5.11 Å². The summed E-state index contributed by atoms with van der Waals surface area (Å²) < 4.78 is 0. The first-order chi connectivity index (χ1) is 15.3. The normalized spacial score (nSPS) is 13.1. The third kappa shape index (κ3) is 7.66. The number of piperazine rings is 1. The average molecular weight is 441 g/mol. The van der Waals surface area contributed by atoms with E-state index in [2.05, 4.69) is 30.5 Å². The van der Waals surface area contributed by atoms with Crippen LogP contribution in [0.15, 0.2) is 42.9 Å². The molecule has 0 radical (unpaired) electrons. The van der Waals surface area contributed by atoms with Gasteiger partial charge in [0.15, 0.2) is 5.13 Å². The average Bonchev–Trinajstić information content (AvgIpc) is 3.28. The van der Waals surface area contributed by atoms with Gasteiger partial charge < -0.3 is 20.6 Å². The van der Waals surface area contributed by atoms with Crippen LogP contribution in [0.2, 0.25) is 0 Å². The first-order valence-corrected chi connectivity index (χ1v) is 11.6. The Labute approximate surface area is 188 Å². The van der Waals surface area contributed by atoms with Gasteiger partial charge in [0.05, 0.1) is 0 Å². The number of nitrogens with one attached hydrogen (secondary N) is 2. The molecule has 3 N–H and O–H groups in total. The third-order valence-corrected chi connectivity index (χ3v) is 5.04. The van der Waals surface area contributed by atoms with Crippen molar-refractivity contribution >= 4 is 40.3 Å². The Kier molecular flexibility index (Phi) is 10.5. The number of hydrogen-bond acceptors (Lipinski definition) is 8. The van der Waals surface area contributed by atoms with Crippen LogP contribution < -0.4 is 15.5 Å². The summed E-state index contributed by atoms with van der Waals surface area (Å²) in [4.78, 5) is 16.3. The highest BCUT2D eigenvalue weighted by Crippen LogP contribution is 2.25. The molecule has 0 aliphatic carbocycles. The summed E-state index contributed by atoms with van der Waals surface area (Å²) in [7, 11) is 0. The molecule has 0 spiro atoms. The van der Waals surface area contributed by atoms with Gasteiger partial charge in [-0.3, -0.25) is 0 Å². The van der Waals surface area contributed by atoms with Gasteiger partial charge in [0.25, 0.3) is 0 Å². The molecule has 1 aliphatic heterocycles. The quantitative estimate of drug-likeness (QED) is 0.514. The van der Waals surface area contributed by atoms with E-state index in [4.69, 9.17) is 0 Å². The van der Waals surface area contributed by atoms with Gasteiger partial charge in [-0.2, -0.15) is 0 Å². The van der Waals surface area contributed by atoms with Crippen LogP contribution in [0, 0.1) is 0 Å². The van der Waals surface area contributed by atoms with Crippen molar-refractivity contribution in [2.45, 2.75) is 27.7 Å². The lowest BCUT2D eigenvalue weighted by Crippen LogP contribution is -2.43. The fourth-order valence-electron chi connectivity index (χ4n) is 2.82. The van der Waals surface area contributed by atoms with Crippen LogP contribution in [0.3, 0.4) is 0 Å². The number of phenols is 1. The van der Waals surface area contributed by atoms with Crippen LogP contribution in [-0.4, -0.2) is 46.2 Å². The second-order valence-corrected chi connectivity index (χ2v) is 7.18. The van der Waals surface area contributed by atoms with Gasteiger partial charge in [-0.15, -0.1) is 0 Å². The maximum atomic E-state index is 9.52. The molecule has 0 saturated carbocycles. The van der Waals surface area contributed by atoms with Crippen molar-refractivity contribution in [3.05, 3.63) is 53.3 Å². The molecule has 3 heterocycles. The highest BCUT2D eigenvalue weighted by atomic mass is 32.1. The standard InChI is InChI=1S/C19H20N6OS.2C2H6/c26-15-3-1-2-14(10-15)4-5-16-12-21-19(27-16)24-17-11-18(23-13-22-17)25-8-6-20-7-9-25;2*1-2/h1-5,10-13,20,26H,6-9H2,(H,21,22,23,24);2*1-2H3/b5-4+;;. The maximum Gasteiger partial charge on any atom is 0.188 e. The number of benzene rings is 1. The number of anilines is 3. The van der Waals surface area contributed by atoms with Crippen molar-refractivity contribution in [3.8, 4) is 5.75 Å². The summed E-state index contributed by atoms with van der Waals surface area (Å²) in [6.45, 7) is 11.8. The van der Waals surface area contributed by atoms with Gasteiger partial charge in [0, 0.05) is 43.3 Å². The summed E-state index contributed by atoms with van der Waals surface area (Å²) in [6, 6.07) is 9.08. The maximum absolute atomic E-state index is 9.52. The van der Waals surface area contributed by atoms with Gasteiger partial charge >= 0.3 is 0 Å². The minimum Gasteiger partial charge on any atom is -0.508 e. The van der Waals surface area contributed by atoms with Gasteiger partial charge in [-0.25, -0.2) is 15.0 Å². The van der Waals surface area contributed by atoms with E-state index in [1.54, 1.807) is 18.5 Å². The van der Waals surface area contributed by atoms with Crippen LogP contribution >= 0.6 is 11.3 Å². The Morgan fingerprint density at radius 2 is 1.81 bits per heavy atom. The minimum atomic E-state index is 0.257. The summed E-state index contributed by atoms with van der Waals surface area (Å²) in [5.41, 5.74) is 0.939. The van der Waals surface area contributed by atoms with Crippen molar-refractivity contribution in [2.75, 3.05) is 36.4 Å². The summed E-state index contributed by atoms with van der Waals surface area (Å²) in [5.74, 6) is 1.92. The highest BCUT2D eigenvalue weighted by Gasteiger charge is 2.12. The van der Waals surface area contributed by atoms with E-state index in [1.165, 1.54) is 11.3 Å². The fourth-order valence-corrected chi connectivity index (χ4v) is 3.55. The largest absolute Gasteiger partial charge is 0.508 e. The molecule has 1 aromatic carbocycles. The second kappa shape index (κ2) is 13.4. The van der Waals surface area contributed by atoms with Crippen molar-refractivity contribution in [3.63, 3.8) is 0 Å². The first kappa shape index (κ1) is 24.3. The fraction of sp³-hybridized carbons (Fsp3) is 0.348. The number of aromatic nitrogens is 3. The molecule has 4 rings (SSSR count). The van der Waals surface area contributed by atoms with E-state index >= 15 is 0 Å². The predicted molar refractivity (Wildman–Crippen MR) is 132 cm³/mol. The van der Waals surface area contributed by atoms with Crippen LogP contribution in [0.1, 0.15) is 38.1 Å². The molecule has 1 fully saturated rings. The molecule has 0 bridgehead atoms. The van der Waals surface area contributed by atoms with Gasteiger partial charge in [0.2, 0.25) is 0 Å². The first-order valence-electron chi connectivity index (χ1n) is 10.7. The molecule has 0 unspecified atom stereocenters. The Hall–Kier alpha value is -2.97. The lowest BCUT2D eigenvalue weighted by Gasteiger charge is -2.28. The van der Waals surface area contributed by atoms with Gasteiger partial charge in [-0.05, 0) is 23.8 Å². The van der Waals surface area contributed by atoms with Gasteiger partial charge in [0.1, 0.15) is 23.7 Å². The molecule has 1 saturated heterocycles. The van der Waals surface area contributed by atoms with Crippen molar-refractivity contribution < 1.29 is 5.11 Å². The van der Waals surface area contributed by atoms with E-state index in [-0.39, 0.29) is 5.75 Å². The topological polar surface area (TPSA) is 86.2 Å². The van der Waals surface area contributed by atoms with Gasteiger partial charge in [-0.1, -0.05) is 57.2 Å². The number of thiazole rings is 1. The zero-order valence-electron chi connectivity index (χ0n) is 18.7. The lowest BCUT2D eigenvalue weighted by molar-refractivity contribution is 0.475. The Bertz CT molecular complexity index is 937. The Morgan fingerprint density at radius 1 is 1.03 bits per heavy atom. The van der Waals surface area contributed by atoms with E-state index < -0.39 is 0 Å². The van der Waals surface area contributed by atoms with Crippen LogP contribution in [0.4, 0.5) is 16.8 Å². The second-order valence-electron chi connectivity index (χ2n) is 6.12. The van der Waals surface area contributed by atoms with E-state index in [0.717, 1.165) is 53.4 Å². The Balaban J connectivity index is 0.000000807. The monoisotopic (exact) mass is 440 g/mol. The zero-order chi connectivity index (χ0) is 22.5. The SMILES string of the molecule is CC.CC.Oc1cccc(/C=C/c2cnc(Nc3cc(N4CCNCC4)ncn3)s2)c1. The summed E-state index contributed by atoms with van der Waals surface area (Å²) in [5, 5.41) is 16.9. The molecule has 3 aromatic rings. The van der Waals surface area contributed by atoms with Crippen molar-refractivity contribution in [1.29, 1.82) is 0 Å². The molecular formula is C23H32N6OS.